The van der Waals surface area contributed by atoms with E-state index in [1.54, 1.807) is 24.3 Å². The number of benzene rings is 4. The van der Waals surface area contributed by atoms with Crippen molar-refractivity contribution in [2.24, 2.45) is 0 Å². The maximum atomic E-state index is 11.0. The molecule has 0 radical (unpaired) electrons. The van der Waals surface area contributed by atoms with Crippen LogP contribution in [0.15, 0.2) is 69.6 Å². The molecule has 1 N–H and O–H groups in total. The molecular formula is C45H52Br2Cl2NOW2-. The fraction of sp³-hybridized carbons (Fsp3) is 0.378. The first-order chi connectivity index (χ1) is 24.9. The molecule has 0 saturated carbocycles. The van der Waals surface area contributed by atoms with Gasteiger partial charge in [-0.05, 0) is 120 Å². The molecule has 2 aliphatic rings. The zero-order valence-corrected chi connectivity index (χ0v) is 42.4. The molecule has 0 spiro atoms. The Bertz CT molecular complexity index is 1670. The van der Waals surface area contributed by atoms with Crippen LogP contribution >= 0.6 is 55.1 Å². The van der Waals surface area contributed by atoms with E-state index < -0.39 is 0 Å². The molecule has 0 heterocycles. The standard InChI is InChI=1S/C21H22Br2O.C10H12.C6H3Cl2.C6H12.C2H3N.2W/c1-12-17(22)10-13-6-2-4-8-15(13)19(12)20-16-9-5-3-7-14(16)11-18(23)21(20)24;1-10(2,3)9-7-5-4-6-8-9;7-5-2-1-3-6(8)4-5;1-3-5-6-4-2;1-2-3;;/h10-11,24H,2-9H2,1H3;1,4-8H,2-3H3;1-3H;3-4H,5-6H2,1-2H3;1H3;;/q;;-1;-2;;;+2. The molecule has 0 atom stereocenters. The van der Waals surface area contributed by atoms with Crippen LogP contribution in [-0.2, 0) is 71.5 Å². The molecular weight excluding hydrogens is 1170 g/mol. The van der Waals surface area contributed by atoms with Crippen LogP contribution in [-0.4, -0.2) is 9.51 Å². The molecule has 0 unspecified atom stereocenters. The van der Waals surface area contributed by atoms with E-state index in [-0.39, 0.29) is 26.5 Å². The van der Waals surface area contributed by atoms with Crippen LogP contribution in [0, 0.1) is 37.2 Å². The number of phenolic OH excluding ortho intramolecular Hbond substituents is 1. The summed E-state index contributed by atoms with van der Waals surface area (Å²) < 4.78 is 4.31. The number of rotatable bonds is 6. The van der Waals surface area contributed by atoms with Gasteiger partial charge >= 0.3 is 100.0 Å². The number of unbranched alkanes of at least 4 members (excludes halogenated alkanes) is 3. The Balaban J connectivity index is 0.000000402. The summed E-state index contributed by atoms with van der Waals surface area (Å²) in [5.74, 6) is 0.421. The Hall–Kier alpha value is -1.04. The minimum atomic E-state index is 0. The third kappa shape index (κ3) is 16.2. The van der Waals surface area contributed by atoms with Crippen LogP contribution in [0.1, 0.15) is 107 Å². The Morgan fingerprint density at radius 2 is 1.28 bits per heavy atom. The number of phenols is 1. The molecule has 284 valence electrons. The van der Waals surface area contributed by atoms with E-state index in [1.165, 1.54) is 108 Å². The summed E-state index contributed by atoms with van der Waals surface area (Å²) in [7, 11) is 0. The first kappa shape index (κ1) is 50.0. The molecule has 0 aliphatic heterocycles. The van der Waals surface area contributed by atoms with E-state index in [9.17, 15) is 5.11 Å². The van der Waals surface area contributed by atoms with Gasteiger partial charge in [0.15, 0.2) is 0 Å². The van der Waals surface area contributed by atoms with Crippen molar-refractivity contribution in [1.29, 1.82) is 5.26 Å². The van der Waals surface area contributed by atoms with Gasteiger partial charge in [0.1, 0.15) is 5.75 Å². The van der Waals surface area contributed by atoms with Crippen LogP contribution in [0.25, 0.3) is 11.1 Å². The Morgan fingerprint density at radius 3 is 1.72 bits per heavy atom. The molecule has 4 aromatic rings. The summed E-state index contributed by atoms with van der Waals surface area (Å²) in [6, 6.07) is 24.7. The molecule has 2 nitrogen and oxygen atoms in total. The molecule has 0 bridgehead atoms. The fourth-order valence-electron chi connectivity index (χ4n) is 6.13. The van der Waals surface area contributed by atoms with Crippen LogP contribution in [0.5, 0.6) is 5.75 Å². The summed E-state index contributed by atoms with van der Waals surface area (Å²) in [6.45, 7) is 12.3. The second-order valence-electron chi connectivity index (χ2n) is 13.3. The van der Waals surface area contributed by atoms with Crippen molar-refractivity contribution in [3.8, 4) is 22.9 Å². The molecule has 4 aromatic carbocycles. The number of hydrogen-bond donors (Lipinski definition) is 1. The van der Waals surface area contributed by atoms with Crippen molar-refractivity contribution in [2.45, 2.75) is 111 Å². The van der Waals surface area contributed by atoms with Crippen LogP contribution in [0.2, 0.25) is 10.0 Å². The third-order valence-electron chi connectivity index (χ3n) is 8.95. The number of halogens is 4. The fourth-order valence-corrected chi connectivity index (χ4v) is 7.96. The van der Waals surface area contributed by atoms with Gasteiger partial charge < -0.3 is 17.9 Å². The van der Waals surface area contributed by atoms with E-state index in [0.717, 1.165) is 35.7 Å². The van der Waals surface area contributed by atoms with Gasteiger partial charge in [-0.3, -0.25) is 0 Å². The summed E-state index contributed by atoms with van der Waals surface area (Å²) in [6.07, 6.45) is 16.3. The second-order valence-corrected chi connectivity index (χ2v) is 16.7. The normalized spacial score (nSPS) is 12.4. The molecule has 0 fully saturated rings. The first-order valence-electron chi connectivity index (χ1n) is 17.9. The molecule has 6 rings (SSSR count). The topological polar surface area (TPSA) is 44.0 Å². The summed E-state index contributed by atoms with van der Waals surface area (Å²) in [5, 5.41) is 19.4. The predicted molar refractivity (Wildman–Crippen MR) is 228 cm³/mol. The van der Waals surface area contributed by atoms with Crippen molar-refractivity contribution in [3.63, 3.8) is 0 Å². The average Bonchev–Trinajstić information content (AvgIpc) is 3.14. The Kier molecular flexibility index (Phi) is 25.2. The second kappa shape index (κ2) is 26.7. The minimum absolute atomic E-state index is 0. The van der Waals surface area contributed by atoms with Crippen molar-refractivity contribution >= 4 is 59.5 Å². The molecule has 0 saturated heterocycles. The number of nitriles is 1. The van der Waals surface area contributed by atoms with Crippen molar-refractivity contribution in [3.05, 3.63) is 132 Å². The molecule has 8 heteroatoms. The zero-order valence-electron chi connectivity index (χ0n) is 31.8. The smallest absolute Gasteiger partial charge is 0.506 e. The van der Waals surface area contributed by atoms with Gasteiger partial charge in [-0.25, -0.2) is 12.8 Å². The minimum Gasteiger partial charge on any atom is -0.506 e. The SMILES string of the molecule is CC#N.CC(C)([CH]=[W])c1ccccc1.C[CH-]CC[CH-]C.Cc1c(Br)cc2c(c1-c1c(O)c(Br)cc3c1CCCC3)CCCC2.Clc1[c-]c(Cl)ccc1.[W+2]. The van der Waals surface area contributed by atoms with Gasteiger partial charge in [0.25, 0.3) is 0 Å². The number of aromatic hydroxyl groups is 1. The summed E-state index contributed by atoms with van der Waals surface area (Å²) >= 11 is 19.9. The Morgan fingerprint density at radius 1 is 0.830 bits per heavy atom. The number of fused-ring (bicyclic) bond motifs is 2. The van der Waals surface area contributed by atoms with Gasteiger partial charge in [0.2, 0.25) is 0 Å². The summed E-state index contributed by atoms with van der Waals surface area (Å²) in [5.41, 5.74) is 11.0. The van der Waals surface area contributed by atoms with E-state index in [4.69, 9.17) is 28.5 Å². The average molecular weight is 1220 g/mol. The first-order valence-corrected chi connectivity index (χ1v) is 22.0. The van der Waals surface area contributed by atoms with Crippen molar-refractivity contribution in [2.75, 3.05) is 0 Å². The number of hydrogen-bond acceptors (Lipinski definition) is 2. The maximum Gasteiger partial charge on any atom is 2.00 e. The Labute approximate surface area is 372 Å². The van der Waals surface area contributed by atoms with E-state index in [2.05, 4.69) is 132 Å². The largest absolute Gasteiger partial charge is 2.00 e. The number of nitrogens with zero attached hydrogens (tertiary/aromatic N) is 1. The summed E-state index contributed by atoms with van der Waals surface area (Å²) in [4.78, 5) is 0. The zero-order chi connectivity index (χ0) is 38.7. The van der Waals surface area contributed by atoms with Gasteiger partial charge in [-0.1, -0.05) is 26.0 Å². The van der Waals surface area contributed by atoms with Gasteiger partial charge in [0.05, 0.1) is 10.5 Å². The van der Waals surface area contributed by atoms with E-state index in [0.29, 0.717) is 15.8 Å². The van der Waals surface area contributed by atoms with E-state index >= 15 is 0 Å². The molecule has 2 aliphatic carbocycles. The predicted octanol–water partition coefficient (Wildman–Crippen LogP) is 14.5. The molecule has 0 aromatic heterocycles. The van der Waals surface area contributed by atoms with Crippen LogP contribution in [0.3, 0.4) is 0 Å². The van der Waals surface area contributed by atoms with Crippen LogP contribution in [0.4, 0.5) is 0 Å². The van der Waals surface area contributed by atoms with E-state index in [1.807, 2.05) is 0 Å². The quantitative estimate of drug-likeness (QED) is 0.154. The third-order valence-corrected chi connectivity index (χ3v) is 12.9. The molecule has 0 amide bonds. The van der Waals surface area contributed by atoms with Crippen molar-refractivity contribution < 1.29 is 45.5 Å². The van der Waals surface area contributed by atoms with Gasteiger partial charge in [-0.2, -0.15) is 37.3 Å². The maximum absolute atomic E-state index is 11.0. The molecule has 53 heavy (non-hydrogen) atoms. The van der Waals surface area contributed by atoms with Gasteiger partial charge in [0, 0.05) is 17.0 Å². The van der Waals surface area contributed by atoms with Crippen molar-refractivity contribution in [1.82, 2.24) is 0 Å². The monoisotopic (exact) mass is 1220 g/mol. The number of aryl methyl sites for hydroxylation is 2. The van der Waals surface area contributed by atoms with Gasteiger partial charge in [-0.15, -0.1) is 29.3 Å². The van der Waals surface area contributed by atoms with Crippen LogP contribution < -0.4 is 0 Å².